The number of fused-ring (bicyclic) bond motifs is 2. The molecule has 3 aromatic heterocycles. The minimum absolute atomic E-state index is 0.0530. The minimum Gasteiger partial charge on any atom is -0.355 e. The molecule has 0 aliphatic rings. The Morgan fingerprint density at radius 2 is 1.74 bits per heavy atom. The van der Waals surface area contributed by atoms with Gasteiger partial charge in [0.25, 0.3) is 5.91 Å². The van der Waals surface area contributed by atoms with Crippen LogP contribution in [0.4, 0.5) is 11.4 Å². The number of benzene rings is 2. The molecule has 0 fully saturated rings. The Hall–Kier alpha value is -3.84. The second-order valence-electron chi connectivity index (χ2n) is 7.11. The van der Waals surface area contributed by atoms with Gasteiger partial charge in [-0.05, 0) is 43.3 Å². The molecule has 0 aliphatic heterocycles. The van der Waals surface area contributed by atoms with Gasteiger partial charge in [0, 0.05) is 62.9 Å². The number of thiophene rings is 1. The number of aryl methyl sites for hydroxylation is 1. The molecule has 0 unspecified atom stereocenters. The SMILES string of the molecule is CNC(=O)c1c(C)sc2cc(Nc3ccnc4cc(-c5ncccn5)ccc34)ccc12. The molecular weight excluding hydrogens is 406 g/mol. The Labute approximate surface area is 183 Å². The van der Waals surface area contributed by atoms with Gasteiger partial charge in [-0.15, -0.1) is 11.3 Å². The number of nitrogens with one attached hydrogen (secondary N) is 2. The molecule has 2 N–H and O–H groups in total. The van der Waals surface area contributed by atoms with Gasteiger partial charge in [-0.1, -0.05) is 12.1 Å². The van der Waals surface area contributed by atoms with Crippen LogP contribution >= 0.6 is 11.3 Å². The van der Waals surface area contributed by atoms with Crippen molar-refractivity contribution in [3.8, 4) is 11.4 Å². The third kappa shape index (κ3) is 3.49. The van der Waals surface area contributed by atoms with Gasteiger partial charge in [-0.25, -0.2) is 9.97 Å². The zero-order valence-corrected chi connectivity index (χ0v) is 17.8. The Balaban J connectivity index is 1.51. The number of carbonyl (C=O) groups excluding carboxylic acids is 1. The van der Waals surface area contributed by atoms with E-state index in [1.807, 2.05) is 43.3 Å². The quantitative estimate of drug-likeness (QED) is 0.407. The van der Waals surface area contributed by atoms with Crippen LogP contribution in [-0.4, -0.2) is 27.9 Å². The van der Waals surface area contributed by atoms with Crippen LogP contribution in [0.5, 0.6) is 0 Å². The van der Waals surface area contributed by atoms with Gasteiger partial charge in [0.05, 0.1) is 11.1 Å². The van der Waals surface area contributed by atoms with E-state index in [4.69, 9.17) is 0 Å². The molecule has 2 aromatic carbocycles. The predicted molar refractivity (Wildman–Crippen MR) is 126 cm³/mol. The van der Waals surface area contributed by atoms with E-state index in [2.05, 4.69) is 31.7 Å². The highest BCUT2D eigenvalue weighted by molar-refractivity contribution is 7.19. The van der Waals surface area contributed by atoms with Crippen molar-refractivity contribution in [2.75, 3.05) is 12.4 Å². The summed E-state index contributed by atoms with van der Waals surface area (Å²) < 4.78 is 1.07. The highest BCUT2D eigenvalue weighted by atomic mass is 32.1. The maximum Gasteiger partial charge on any atom is 0.252 e. The summed E-state index contributed by atoms with van der Waals surface area (Å²) in [6, 6.07) is 15.9. The molecule has 152 valence electrons. The molecule has 0 radical (unpaired) electrons. The Kier molecular flexibility index (Phi) is 4.80. The molecule has 0 saturated carbocycles. The monoisotopic (exact) mass is 425 g/mol. The summed E-state index contributed by atoms with van der Waals surface area (Å²) in [4.78, 5) is 26.4. The molecule has 5 rings (SSSR count). The van der Waals surface area contributed by atoms with E-state index in [1.165, 1.54) is 0 Å². The van der Waals surface area contributed by atoms with E-state index in [9.17, 15) is 4.79 Å². The van der Waals surface area contributed by atoms with Crippen LogP contribution < -0.4 is 10.6 Å². The van der Waals surface area contributed by atoms with Gasteiger partial charge < -0.3 is 10.6 Å². The lowest BCUT2D eigenvalue weighted by atomic mass is 10.1. The third-order valence-corrected chi connectivity index (χ3v) is 6.23. The van der Waals surface area contributed by atoms with Crippen LogP contribution in [0.25, 0.3) is 32.4 Å². The molecule has 0 bridgehead atoms. The second kappa shape index (κ2) is 7.77. The standard InChI is InChI=1S/C24H19N5OS/c1-14-22(24(30)25-2)18-7-5-16(13-21(18)31-14)29-19-8-11-26-20-12-15(4-6-17(19)20)23-27-9-3-10-28-23/h3-13H,1-2H3,(H,25,30)(H,26,29). The average Bonchev–Trinajstić information content (AvgIpc) is 3.14. The molecule has 0 spiro atoms. The van der Waals surface area contributed by atoms with Crippen molar-refractivity contribution < 1.29 is 4.79 Å². The molecule has 7 heteroatoms. The van der Waals surface area contributed by atoms with E-state index in [1.54, 1.807) is 43.0 Å². The number of carbonyl (C=O) groups is 1. The van der Waals surface area contributed by atoms with E-state index in [0.717, 1.165) is 48.4 Å². The number of rotatable bonds is 4. The second-order valence-corrected chi connectivity index (χ2v) is 8.37. The van der Waals surface area contributed by atoms with Crippen LogP contribution in [0, 0.1) is 6.92 Å². The summed E-state index contributed by atoms with van der Waals surface area (Å²) in [5.41, 5.74) is 4.46. The molecule has 6 nitrogen and oxygen atoms in total. The van der Waals surface area contributed by atoms with Gasteiger partial charge in [-0.3, -0.25) is 9.78 Å². The summed E-state index contributed by atoms with van der Waals surface area (Å²) in [6.07, 6.45) is 5.25. The summed E-state index contributed by atoms with van der Waals surface area (Å²) in [5, 5.41) is 8.21. The summed E-state index contributed by atoms with van der Waals surface area (Å²) in [6.45, 7) is 1.98. The van der Waals surface area contributed by atoms with Crippen molar-refractivity contribution in [1.29, 1.82) is 0 Å². The first-order valence-corrected chi connectivity index (χ1v) is 10.6. The number of amides is 1. The first-order chi connectivity index (χ1) is 15.1. The normalized spacial score (nSPS) is 11.0. The highest BCUT2D eigenvalue weighted by Gasteiger charge is 2.15. The average molecular weight is 426 g/mol. The first kappa shape index (κ1) is 19.1. The maximum atomic E-state index is 12.2. The summed E-state index contributed by atoms with van der Waals surface area (Å²) >= 11 is 1.62. The van der Waals surface area contributed by atoms with Gasteiger partial charge in [0.15, 0.2) is 5.82 Å². The van der Waals surface area contributed by atoms with Crippen LogP contribution in [0.2, 0.25) is 0 Å². The molecule has 1 amide bonds. The minimum atomic E-state index is -0.0530. The van der Waals surface area contributed by atoms with E-state index in [-0.39, 0.29) is 5.91 Å². The predicted octanol–water partition coefficient (Wildman–Crippen LogP) is 5.32. The van der Waals surface area contributed by atoms with Crippen molar-refractivity contribution >= 4 is 49.6 Å². The van der Waals surface area contributed by atoms with Crippen LogP contribution in [0.3, 0.4) is 0 Å². The fourth-order valence-electron chi connectivity index (χ4n) is 3.70. The van der Waals surface area contributed by atoms with Gasteiger partial charge in [0.1, 0.15) is 0 Å². The van der Waals surface area contributed by atoms with Crippen molar-refractivity contribution in [1.82, 2.24) is 20.3 Å². The fraction of sp³-hybridized carbons (Fsp3) is 0.0833. The zero-order valence-electron chi connectivity index (χ0n) is 17.0. The van der Waals surface area contributed by atoms with Crippen LogP contribution in [-0.2, 0) is 0 Å². The summed E-state index contributed by atoms with van der Waals surface area (Å²) in [7, 11) is 1.66. The number of aromatic nitrogens is 3. The van der Waals surface area contributed by atoms with E-state index >= 15 is 0 Å². The number of nitrogens with zero attached hydrogens (tertiary/aromatic N) is 3. The van der Waals surface area contributed by atoms with E-state index in [0.29, 0.717) is 5.82 Å². The van der Waals surface area contributed by atoms with Gasteiger partial charge in [0.2, 0.25) is 0 Å². The Morgan fingerprint density at radius 3 is 2.55 bits per heavy atom. The number of pyridine rings is 1. The lowest BCUT2D eigenvalue weighted by molar-refractivity contribution is 0.0964. The maximum absolute atomic E-state index is 12.2. The first-order valence-electron chi connectivity index (χ1n) is 9.82. The number of hydrogen-bond donors (Lipinski definition) is 2. The Bertz CT molecular complexity index is 1430. The molecule has 31 heavy (non-hydrogen) atoms. The highest BCUT2D eigenvalue weighted by Crippen LogP contribution is 2.34. The lowest BCUT2D eigenvalue weighted by Gasteiger charge is -2.11. The molecular formula is C24H19N5OS. The van der Waals surface area contributed by atoms with Crippen LogP contribution in [0.1, 0.15) is 15.2 Å². The molecule has 3 heterocycles. The summed E-state index contributed by atoms with van der Waals surface area (Å²) in [5.74, 6) is 0.623. The molecule has 0 saturated heterocycles. The number of anilines is 2. The van der Waals surface area contributed by atoms with Gasteiger partial charge in [-0.2, -0.15) is 0 Å². The zero-order chi connectivity index (χ0) is 21.4. The molecule has 0 atom stereocenters. The molecule has 5 aromatic rings. The van der Waals surface area contributed by atoms with Crippen molar-refractivity contribution in [2.24, 2.45) is 0 Å². The van der Waals surface area contributed by atoms with Gasteiger partial charge >= 0.3 is 0 Å². The largest absolute Gasteiger partial charge is 0.355 e. The Morgan fingerprint density at radius 1 is 0.935 bits per heavy atom. The van der Waals surface area contributed by atoms with Crippen molar-refractivity contribution in [3.05, 3.63) is 77.6 Å². The van der Waals surface area contributed by atoms with Crippen molar-refractivity contribution in [2.45, 2.75) is 6.92 Å². The topological polar surface area (TPSA) is 79.8 Å². The molecule has 0 aliphatic carbocycles. The number of hydrogen-bond acceptors (Lipinski definition) is 6. The van der Waals surface area contributed by atoms with Crippen LogP contribution in [0.15, 0.2) is 67.1 Å². The third-order valence-electron chi connectivity index (χ3n) is 5.17. The van der Waals surface area contributed by atoms with Crippen molar-refractivity contribution in [3.63, 3.8) is 0 Å². The lowest BCUT2D eigenvalue weighted by Crippen LogP contribution is -2.18. The fourth-order valence-corrected chi connectivity index (χ4v) is 4.80. The smallest absolute Gasteiger partial charge is 0.252 e. The van der Waals surface area contributed by atoms with E-state index < -0.39 is 0 Å².